The molecule has 0 fully saturated rings. The third-order valence-electron chi connectivity index (χ3n) is 4.90. The summed E-state index contributed by atoms with van der Waals surface area (Å²) in [5.41, 5.74) is 5.47. The second-order valence-electron chi connectivity index (χ2n) is 6.41. The maximum absolute atomic E-state index is 9.20. The van der Waals surface area contributed by atoms with Crippen LogP contribution in [0.3, 0.4) is 0 Å². The molecule has 3 aromatic rings. The highest BCUT2D eigenvalue weighted by atomic mass is 32.1. The van der Waals surface area contributed by atoms with Gasteiger partial charge in [0.15, 0.2) is 5.82 Å². The van der Waals surface area contributed by atoms with Gasteiger partial charge in [-0.3, -0.25) is 4.90 Å². The Balaban J connectivity index is 1.53. The molecule has 25 heavy (non-hydrogen) atoms. The van der Waals surface area contributed by atoms with E-state index in [0.717, 1.165) is 48.1 Å². The van der Waals surface area contributed by atoms with Crippen molar-refractivity contribution in [2.24, 2.45) is 7.05 Å². The number of fused-ring (bicyclic) bond motifs is 1. The Hall–Kier alpha value is -2.49. The van der Waals surface area contributed by atoms with Crippen molar-refractivity contribution < 1.29 is 0 Å². The van der Waals surface area contributed by atoms with Crippen molar-refractivity contribution >= 4 is 11.3 Å². The standard InChI is InChI=1S/C19H19N5S/c1-13-14(8-16(9-20)23(13)2)11-24-6-5-17-15(12-24)10-21-19(22-17)18-4-3-7-25-18/h3-4,7-8,10H,5-6,11-12H2,1-2H3. The zero-order valence-electron chi connectivity index (χ0n) is 14.4. The van der Waals surface area contributed by atoms with Gasteiger partial charge in [0.25, 0.3) is 0 Å². The summed E-state index contributed by atoms with van der Waals surface area (Å²) in [5, 5.41) is 11.2. The minimum absolute atomic E-state index is 0.717. The van der Waals surface area contributed by atoms with Crippen molar-refractivity contribution in [1.82, 2.24) is 19.4 Å². The van der Waals surface area contributed by atoms with Crippen molar-refractivity contribution in [3.63, 3.8) is 0 Å². The zero-order chi connectivity index (χ0) is 17.4. The van der Waals surface area contributed by atoms with E-state index in [-0.39, 0.29) is 0 Å². The van der Waals surface area contributed by atoms with E-state index in [0.29, 0.717) is 5.69 Å². The molecule has 0 amide bonds. The van der Waals surface area contributed by atoms with Crippen molar-refractivity contribution in [1.29, 1.82) is 5.26 Å². The van der Waals surface area contributed by atoms with Crippen LogP contribution in [0.25, 0.3) is 10.7 Å². The second kappa shape index (κ2) is 6.43. The molecular weight excluding hydrogens is 330 g/mol. The Morgan fingerprint density at radius 2 is 2.28 bits per heavy atom. The molecule has 0 spiro atoms. The summed E-state index contributed by atoms with van der Waals surface area (Å²) in [6, 6.07) is 8.35. The predicted octanol–water partition coefficient (Wildman–Crippen LogP) is 3.28. The van der Waals surface area contributed by atoms with E-state index in [1.165, 1.54) is 11.1 Å². The van der Waals surface area contributed by atoms with Crippen LogP contribution in [0.15, 0.2) is 29.8 Å². The van der Waals surface area contributed by atoms with Gasteiger partial charge in [0.1, 0.15) is 11.8 Å². The molecule has 0 saturated heterocycles. The fourth-order valence-electron chi connectivity index (χ4n) is 3.30. The Bertz CT molecular complexity index is 949. The van der Waals surface area contributed by atoms with Gasteiger partial charge in [0, 0.05) is 50.6 Å². The van der Waals surface area contributed by atoms with Crippen LogP contribution < -0.4 is 0 Å². The maximum Gasteiger partial charge on any atom is 0.169 e. The fraction of sp³-hybridized carbons (Fsp3) is 0.316. The van der Waals surface area contributed by atoms with Gasteiger partial charge in [-0.05, 0) is 30.0 Å². The largest absolute Gasteiger partial charge is 0.340 e. The van der Waals surface area contributed by atoms with E-state index in [9.17, 15) is 5.26 Å². The third kappa shape index (κ3) is 2.97. The van der Waals surface area contributed by atoms with Crippen LogP contribution in [0.1, 0.15) is 28.2 Å². The summed E-state index contributed by atoms with van der Waals surface area (Å²) < 4.78 is 1.96. The van der Waals surface area contributed by atoms with E-state index < -0.39 is 0 Å². The van der Waals surface area contributed by atoms with Crippen molar-refractivity contribution in [2.45, 2.75) is 26.4 Å². The average molecular weight is 349 g/mol. The minimum Gasteiger partial charge on any atom is -0.340 e. The van der Waals surface area contributed by atoms with Crippen LogP contribution in [0.4, 0.5) is 0 Å². The number of rotatable bonds is 3. The highest BCUT2D eigenvalue weighted by Gasteiger charge is 2.20. The molecule has 6 heteroatoms. The van der Waals surface area contributed by atoms with Gasteiger partial charge in [-0.15, -0.1) is 11.3 Å². The molecule has 0 aromatic carbocycles. The molecule has 0 N–H and O–H groups in total. The maximum atomic E-state index is 9.20. The molecular formula is C19H19N5S. The average Bonchev–Trinajstić information content (AvgIpc) is 3.26. The van der Waals surface area contributed by atoms with Gasteiger partial charge >= 0.3 is 0 Å². The molecule has 4 heterocycles. The van der Waals surface area contributed by atoms with Crippen LogP contribution in [0.5, 0.6) is 0 Å². The first kappa shape index (κ1) is 16.0. The molecule has 5 nitrogen and oxygen atoms in total. The summed E-state index contributed by atoms with van der Waals surface area (Å²) in [4.78, 5) is 12.8. The number of nitriles is 1. The molecule has 0 bridgehead atoms. The molecule has 0 unspecified atom stereocenters. The third-order valence-corrected chi connectivity index (χ3v) is 5.77. The molecule has 3 aromatic heterocycles. The lowest BCUT2D eigenvalue weighted by Crippen LogP contribution is -2.31. The number of hydrogen-bond acceptors (Lipinski definition) is 5. The van der Waals surface area contributed by atoms with Crippen molar-refractivity contribution in [3.8, 4) is 16.8 Å². The first-order valence-electron chi connectivity index (χ1n) is 8.32. The lowest BCUT2D eigenvalue weighted by molar-refractivity contribution is 0.242. The molecule has 4 rings (SSSR count). The van der Waals surface area contributed by atoms with E-state index in [2.05, 4.69) is 34.3 Å². The molecule has 0 radical (unpaired) electrons. The molecule has 1 aliphatic rings. The smallest absolute Gasteiger partial charge is 0.169 e. The number of aromatic nitrogens is 3. The fourth-order valence-corrected chi connectivity index (χ4v) is 3.97. The first-order valence-corrected chi connectivity index (χ1v) is 9.20. The zero-order valence-corrected chi connectivity index (χ0v) is 15.2. The minimum atomic E-state index is 0.717. The van der Waals surface area contributed by atoms with Crippen LogP contribution in [-0.4, -0.2) is 26.0 Å². The van der Waals surface area contributed by atoms with Gasteiger partial charge in [-0.25, -0.2) is 9.97 Å². The topological polar surface area (TPSA) is 57.7 Å². The highest BCUT2D eigenvalue weighted by Crippen LogP contribution is 2.25. The summed E-state index contributed by atoms with van der Waals surface area (Å²) in [7, 11) is 1.95. The molecule has 126 valence electrons. The summed E-state index contributed by atoms with van der Waals surface area (Å²) in [6.45, 7) is 4.76. The van der Waals surface area contributed by atoms with Crippen LogP contribution >= 0.6 is 11.3 Å². The first-order chi connectivity index (χ1) is 12.2. The normalized spacial score (nSPS) is 14.3. The number of nitrogens with zero attached hydrogens (tertiary/aromatic N) is 5. The Morgan fingerprint density at radius 1 is 1.40 bits per heavy atom. The number of thiophene rings is 1. The predicted molar refractivity (Wildman–Crippen MR) is 98.0 cm³/mol. The van der Waals surface area contributed by atoms with Crippen LogP contribution in [0, 0.1) is 18.3 Å². The summed E-state index contributed by atoms with van der Waals surface area (Å²) >= 11 is 1.67. The Labute approximate surface area is 151 Å². The highest BCUT2D eigenvalue weighted by molar-refractivity contribution is 7.13. The summed E-state index contributed by atoms with van der Waals surface area (Å²) in [5.74, 6) is 0.833. The lowest BCUT2D eigenvalue weighted by Gasteiger charge is -2.28. The lowest BCUT2D eigenvalue weighted by atomic mass is 10.1. The van der Waals surface area contributed by atoms with Crippen LogP contribution in [-0.2, 0) is 26.6 Å². The van der Waals surface area contributed by atoms with Gasteiger partial charge in [0.2, 0.25) is 0 Å². The van der Waals surface area contributed by atoms with Gasteiger partial charge < -0.3 is 4.57 Å². The molecule has 1 aliphatic heterocycles. The molecule has 0 saturated carbocycles. The van der Waals surface area contributed by atoms with Crippen molar-refractivity contribution in [3.05, 3.63) is 58.0 Å². The Kier molecular flexibility index (Phi) is 4.12. The van der Waals surface area contributed by atoms with Gasteiger partial charge in [-0.1, -0.05) is 6.07 Å². The monoisotopic (exact) mass is 349 g/mol. The number of hydrogen-bond donors (Lipinski definition) is 0. The van der Waals surface area contributed by atoms with Crippen molar-refractivity contribution in [2.75, 3.05) is 6.54 Å². The van der Waals surface area contributed by atoms with E-state index in [1.54, 1.807) is 11.3 Å². The SMILES string of the molecule is Cc1c(CN2CCc3nc(-c4cccs4)ncc3C2)cc(C#N)n1C. The Morgan fingerprint density at radius 3 is 3.00 bits per heavy atom. The quantitative estimate of drug-likeness (QED) is 0.728. The van der Waals surface area contributed by atoms with Gasteiger partial charge in [-0.2, -0.15) is 5.26 Å². The molecule has 0 atom stereocenters. The van der Waals surface area contributed by atoms with E-state index in [4.69, 9.17) is 4.98 Å². The molecule has 0 aliphatic carbocycles. The second-order valence-corrected chi connectivity index (χ2v) is 7.36. The summed E-state index contributed by atoms with van der Waals surface area (Å²) in [6.07, 6.45) is 2.91. The van der Waals surface area contributed by atoms with E-state index in [1.807, 2.05) is 29.9 Å². The van der Waals surface area contributed by atoms with Gasteiger partial charge in [0.05, 0.1) is 10.6 Å². The van der Waals surface area contributed by atoms with E-state index >= 15 is 0 Å². The van der Waals surface area contributed by atoms with Crippen LogP contribution in [0.2, 0.25) is 0 Å².